The molecule has 0 radical (unpaired) electrons. The normalized spacial score (nSPS) is 14.9. The Morgan fingerprint density at radius 2 is 0.277 bits per heavy atom. The Morgan fingerprint density at radius 1 is 0.151 bits per heavy atom. The molecule has 0 aliphatic rings. The highest BCUT2D eigenvalue weighted by Gasteiger charge is 2.07. The second kappa shape index (κ2) is 73.7. The van der Waals surface area contributed by atoms with Crippen molar-refractivity contribution >= 4 is 11.9 Å². The summed E-state index contributed by atoms with van der Waals surface area (Å²) in [5.74, 6) is -0.498. The zero-order chi connectivity index (χ0) is 88.8. The largest absolute Gasteiger partial charge is 0.458 e. The van der Waals surface area contributed by atoms with E-state index in [0.29, 0.717) is 13.2 Å². The van der Waals surface area contributed by atoms with Crippen LogP contribution in [0.4, 0.5) is 0 Å². The van der Waals surface area contributed by atoms with Crippen LogP contribution in [0.2, 0.25) is 0 Å². The smallest absolute Gasteiger partial charge is 0.331 e. The van der Waals surface area contributed by atoms with Crippen LogP contribution >= 0.6 is 0 Å². The molecule has 0 heterocycles. The maximum atomic E-state index is 12.7. The summed E-state index contributed by atoms with van der Waals surface area (Å²) in [5.41, 5.74) is 32.5. The number of allylic oxidation sites excluding steroid dienone is 42. The summed E-state index contributed by atoms with van der Waals surface area (Å²) < 4.78 is 11.2. The molecule has 0 unspecified atom stereocenters. The van der Waals surface area contributed by atoms with Crippen molar-refractivity contribution in [1.29, 1.82) is 0 Å². The third-order valence-corrected chi connectivity index (χ3v) is 22.6. The first-order valence-electron chi connectivity index (χ1n) is 47.1. The number of carbonyl (C=O) groups is 2. The molecule has 0 amide bonds. The highest BCUT2D eigenvalue weighted by atomic mass is 16.5. The van der Waals surface area contributed by atoms with Gasteiger partial charge in [-0.2, -0.15) is 0 Å². The molecule has 0 rings (SSSR count). The summed E-state index contributed by atoms with van der Waals surface area (Å²) >= 11 is 0. The van der Waals surface area contributed by atoms with Gasteiger partial charge >= 0.3 is 11.9 Å². The van der Waals surface area contributed by atoms with Gasteiger partial charge < -0.3 is 9.47 Å². The fraction of sp³-hybridized carbons (Fsp3) is 0.583. The quantitative estimate of drug-likeness (QED) is 0.0346. The SMILES string of the molecule is CC(C)=CCC/C(C)=C/CC/C(C)=C/CC/C(C)=C\CC/C(C)=C\CC/C(C)=C\CC/C(C)=C\C(=O)OC/C=C(/C)CC/C=C(/C)CC/C=C(/C)CC/C=C(/C)CC/C=C(/C)CC/C=C(/C)CC/C=C(\C)CC/C=C(\C)CC/C=C(\C)COC(=O)/C=C(/C)CC/C=C(/C)CC/C=C(/C)CC/C=C(/C)CC/C=C(\C)CC/C=C(\C)CCC=C(C)C. The third kappa shape index (κ3) is 75.7. The van der Waals surface area contributed by atoms with E-state index in [1.165, 1.54) is 124 Å². The molecule has 666 valence electrons. The van der Waals surface area contributed by atoms with E-state index < -0.39 is 0 Å². The van der Waals surface area contributed by atoms with Gasteiger partial charge in [-0.3, -0.25) is 0 Å². The number of carbonyl (C=O) groups excluding carboxylic acids is 2. The summed E-state index contributed by atoms with van der Waals surface area (Å²) in [4.78, 5) is 25.3. The average Bonchev–Trinajstić information content (AvgIpc) is 0.971. The number of rotatable bonds is 66. The predicted molar refractivity (Wildman–Crippen MR) is 534 cm³/mol. The Balaban J connectivity index is 4.42. The van der Waals surface area contributed by atoms with Crippen LogP contribution in [0.25, 0.3) is 0 Å². The second-order valence-corrected chi connectivity index (χ2v) is 36.5. The zero-order valence-electron chi connectivity index (χ0n) is 82.1. The van der Waals surface area contributed by atoms with Gasteiger partial charge in [0.1, 0.15) is 13.2 Å². The van der Waals surface area contributed by atoms with Crippen molar-refractivity contribution in [2.45, 2.75) is 430 Å². The minimum Gasteiger partial charge on any atom is -0.458 e. The van der Waals surface area contributed by atoms with Crippen LogP contribution in [0.3, 0.4) is 0 Å². The third-order valence-electron chi connectivity index (χ3n) is 22.6. The number of hydrogen-bond acceptors (Lipinski definition) is 4. The van der Waals surface area contributed by atoms with E-state index in [4.69, 9.17) is 9.47 Å². The molecule has 4 nitrogen and oxygen atoms in total. The lowest BCUT2D eigenvalue weighted by Gasteiger charge is -2.05. The van der Waals surface area contributed by atoms with Crippen LogP contribution in [0.15, 0.2) is 268 Å². The lowest BCUT2D eigenvalue weighted by Crippen LogP contribution is -2.04. The van der Waals surface area contributed by atoms with E-state index >= 15 is 0 Å². The van der Waals surface area contributed by atoms with Crippen LogP contribution in [0, 0.1) is 0 Å². The average molecular weight is 1630 g/mol. The predicted octanol–water partition coefficient (Wildman–Crippen LogP) is 37.5. The fourth-order valence-corrected chi connectivity index (χ4v) is 14.0. The van der Waals surface area contributed by atoms with Crippen molar-refractivity contribution in [3.05, 3.63) is 268 Å². The summed E-state index contributed by atoms with van der Waals surface area (Å²) in [6, 6.07) is 0. The molecule has 0 aliphatic heterocycles. The van der Waals surface area contributed by atoms with E-state index in [1.54, 1.807) is 12.2 Å². The maximum Gasteiger partial charge on any atom is 0.331 e. The fourth-order valence-electron chi connectivity index (χ4n) is 14.0. The Bertz CT molecular complexity index is 3670. The zero-order valence-corrected chi connectivity index (χ0v) is 82.1. The molecule has 4 heteroatoms. The first-order valence-corrected chi connectivity index (χ1v) is 47.1. The van der Waals surface area contributed by atoms with Gasteiger partial charge in [-0.25, -0.2) is 9.59 Å². The number of hydrogen-bond donors (Lipinski definition) is 0. The second-order valence-electron chi connectivity index (χ2n) is 36.5. The van der Waals surface area contributed by atoms with Crippen molar-refractivity contribution in [3.63, 3.8) is 0 Å². The molecule has 0 saturated carbocycles. The molecular weight excluding hydrogens is 1450 g/mol. The first kappa shape index (κ1) is 112. The molecular formula is C115H182O4. The van der Waals surface area contributed by atoms with Crippen molar-refractivity contribution in [1.82, 2.24) is 0 Å². The lowest BCUT2D eigenvalue weighted by molar-refractivity contribution is -0.137. The van der Waals surface area contributed by atoms with Gasteiger partial charge in [0.2, 0.25) is 0 Å². The van der Waals surface area contributed by atoms with Crippen LogP contribution in [0.1, 0.15) is 430 Å². The molecule has 119 heavy (non-hydrogen) atoms. The van der Waals surface area contributed by atoms with Crippen LogP contribution in [0.5, 0.6) is 0 Å². The van der Waals surface area contributed by atoms with Crippen molar-refractivity contribution in [2.24, 2.45) is 0 Å². The Morgan fingerprint density at radius 3 is 0.437 bits per heavy atom. The summed E-state index contributed by atoms with van der Waals surface area (Å²) in [6.45, 7) is 56.3. The Kier molecular flexibility index (Phi) is 69.3. The summed E-state index contributed by atoms with van der Waals surface area (Å²) in [6.07, 6.45) is 97.0. The highest BCUT2D eigenvalue weighted by molar-refractivity contribution is 5.83. The lowest BCUT2D eigenvalue weighted by atomic mass is 10.0. The summed E-state index contributed by atoms with van der Waals surface area (Å²) in [5, 5.41) is 0. The number of esters is 2. The van der Waals surface area contributed by atoms with Crippen molar-refractivity contribution in [2.75, 3.05) is 13.2 Å². The molecule has 0 bridgehead atoms. The first-order chi connectivity index (χ1) is 56.7. The van der Waals surface area contributed by atoms with Crippen LogP contribution < -0.4 is 0 Å². The van der Waals surface area contributed by atoms with Gasteiger partial charge in [-0.1, -0.05) is 244 Å². The molecule has 0 aromatic carbocycles. The van der Waals surface area contributed by atoms with Gasteiger partial charge in [0.15, 0.2) is 0 Å². The maximum absolute atomic E-state index is 12.7. The van der Waals surface area contributed by atoms with E-state index in [0.717, 1.165) is 261 Å². The van der Waals surface area contributed by atoms with Gasteiger partial charge in [-0.05, 0) is 442 Å². The van der Waals surface area contributed by atoms with Crippen molar-refractivity contribution < 1.29 is 19.1 Å². The monoisotopic (exact) mass is 1630 g/mol. The molecule has 0 aliphatic carbocycles. The number of ether oxygens (including phenoxy) is 2. The van der Waals surface area contributed by atoms with Crippen molar-refractivity contribution in [3.8, 4) is 0 Å². The van der Waals surface area contributed by atoms with Gasteiger partial charge in [-0.15, -0.1) is 0 Å². The minimum absolute atomic E-state index is 0.247. The molecule has 0 atom stereocenters. The minimum atomic E-state index is -0.251. The van der Waals surface area contributed by atoms with Gasteiger partial charge in [0.05, 0.1) is 0 Å². The van der Waals surface area contributed by atoms with E-state index in [-0.39, 0.29) is 11.9 Å². The molecule has 0 N–H and O–H groups in total. The summed E-state index contributed by atoms with van der Waals surface area (Å²) in [7, 11) is 0. The van der Waals surface area contributed by atoms with Crippen LogP contribution in [-0.4, -0.2) is 25.2 Å². The molecule has 0 aromatic rings. The van der Waals surface area contributed by atoms with Gasteiger partial charge in [0.25, 0.3) is 0 Å². The van der Waals surface area contributed by atoms with E-state index in [9.17, 15) is 9.59 Å². The highest BCUT2D eigenvalue weighted by Crippen LogP contribution is 2.24. The van der Waals surface area contributed by atoms with Gasteiger partial charge in [0, 0.05) is 12.2 Å². The van der Waals surface area contributed by atoms with E-state index in [1.807, 2.05) is 13.8 Å². The molecule has 0 saturated heterocycles. The Labute approximate surface area is 737 Å². The van der Waals surface area contributed by atoms with Crippen LogP contribution in [-0.2, 0) is 19.1 Å². The Hall–Kier alpha value is -7.04. The standard InChI is InChI=1S/C115H182O4/c1-91(2)46-26-48-93(5)50-28-52-95(7)54-30-56-97(9)63-35-67-103(15)71-39-75-107(19)79-43-83-111(23)88-114(116)118-87-86-110(22)82-42-78-106(18)74-38-70-102(14)66-34-62-100(12)60-32-58-99(11)59-33-61-101(13)65-37-69-105(17)73-41-77-109(21)81-45-85-113(25)90-119-115(117)89-112(24)84-44-80-108(20)76-40-72-104(16)68-36-64-98(10)57-31-55-96(8)53-29-51-94(6)49-27-47-92(3)4/h46-47,50-51,54-55,58,61-64,69-72,77-80,85-86,88-89H,26-45,48-49,52-53,56-57,59-60,65-68,73-76,81-84,87,90H2,1-25H3/b93-50+,94-51+,95-54+,96-55+,97-63-,98-64-,99-58-,100-62-,101-61-,102-70-,103-71-,104-72-,105-69+,106-78-,107-79-,108-80-,109-77+,110-86-,111-88-,112-89-,113-85+. The molecule has 0 spiro atoms. The topological polar surface area (TPSA) is 52.6 Å². The molecule has 0 fully saturated rings. The molecule has 0 aromatic heterocycles. The van der Waals surface area contributed by atoms with E-state index in [2.05, 4.69) is 287 Å².